The normalized spacial score (nSPS) is 10.2. The fourth-order valence-corrected chi connectivity index (χ4v) is 1.20. The minimum absolute atomic E-state index is 0.0824. The fraction of sp³-hybridized carbons (Fsp3) is 0.500. The van der Waals surface area contributed by atoms with Crippen LogP contribution < -0.4 is 10.9 Å². The molecule has 1 heterocycles. The van der Waals surface area contributed by atoms with Gasteiger partial charge in [0.25, 0.3) is 0 Å². The van der Waals surface area contributed by atoms with E-state index in [9.17, 15) is 4.79 Å². The predicted octanol–water partition coefficient (Wildman–Crippen LogP) is 0.848. The van der Waals surface area contributed by atoms with E-state index in [2.05, 4.69) is 12.2 Å². The molecule has 1 aromatic rings. The lowest BCUT2D eigenvalue weighted by molar-refractivity contribution is 0.580. The number of nitrogens with zero attached hydrogens (tertiary/aromatic N) is 1. The molecule has 0 saturated carbocycles. The van der Waals surface area contributed by atoms with Crippen LogP contribution in [0.1, 0.15) is 13.3 Å². The summed E-state index contributed by atoms with van der Waals surface area (Å²) in [4.78, 5) is 11.2. The minimum atomic E-state index is 0.0824. The van der Waals surface area contributed by atoms with E-state index in [0.717, 1.165) is 26.1 Å². The van der Waals surface area contributed by atoms with E-state index in [1.54, 1.807) is 16.7 Å². The second kappa shape index (κ2) is 5.54. The first kappa shape index (κ1) is 9.99. The van der Waals surface area contributed by atoms with Crippen molar-refractivity contribution in [2.24, 2.45) is 0 Å². The Morgan fingerprint density at radius 2 is 2.31 bits per heavy atom. The molecule has 0 spiro atoms. The molecule has 3 heteroatoms. The van der Waals surface area contributed by atoms with Crippen molar-refractivity contribution in [2.45, 2.75) is 19.9 Å². The Balaban J connectivity index is 2.37. The number of hydrogen-bond acceptors (Lipinski definition) is 2. The van der Waals surface area contributed by atoms with Gasteiger partial charge in [0.05, 0.1) is 0 Å². The van der Waals surface area contributed by atoms with Crippen LogP contribution >= 0.6 is 0 Å². The fourth-order valence-electron chi connectivity index (χ4n) is 1.20. The Morgan fingerprint density at radius 3 is 3.00 bits per heavy atom. The standard InChI is InChI=1S/C10H16N2O/c1-2-11-7-5-9-12-8-4-3-6-10(12)13/h3-4,6,8,11H,2,5,7,9H2,1H3. The van der Waals surface area contributed by atoms with Gasteiger partial charge in [-0.2, -0.15) is 0 Å². The summed E-state index contributed by atoms with van der Waals surface area (Å²) in [5, 5.41) is 3.22. The van der Waals surface area contributed by atoms with Crippen molar-refractivity contribution in [3.63, 3.8) is 0 Å². The van der Waals surface area contributed by atoms with Gasteiger partial charge in [-0.05, 0) is 25.6 Å². The summed E-state index contributed by atoms with van der Waals surface area (Å²) < 4.78 is 1.73. The van der Waals surface area contributed by atoms with E-state index in [-0.39, 0.29) is 5.56 Å². The number of pyridine rings is 1. The molecule has 1 N–H and O–H groups in total. The molecule has 0 bridgehead atoms. The van der Waals surface area contributed by atoms with E-state index >= 15 is 0 Å². The van der Waals surface area contributed by atoms with Crippen molar-refractivity contribution in [2.75, 3.05) is 13.1 Å². The van der Waals surface area contributed by atoms with Gasteiger partial charge in [0.1, 0.15) is 0 Å². The van der Waals surface area contributed by atoms with Crippen LogP contribution in [0.4, 0.5) is 0 Å². The van der Waals surface area contributed by atoms with Crippen LogP contribution in [-0.2, 0) is 6.54 Å². The number of aromatic nitrogens is 1. The largest absolute Gasteiger partial charge is 0.317 e. The molecule has 0 aliphatic heterocycles. The molecular weight excluding hydrogens is 164 g/mol. The summed E-state index contributed by atoms with van der Waals surface area (Å²) in [6.07, 6.45) is 2.83. The quantitative estimate of drug-likeness (QED) is 0.681. The van der Waals surface area contributed by atoms with Gasteiger partial charge in [-0.25, -0.2) is 0 Å². The SMILES string of the molecule is CCNCCCn1ccccc1=O. The molecule has 0 amide bonds. The van der Waals surface area contributed by atoms with Crippen molar-refractivity contribution in [3.05, 3.63) is 34.7 Å². The van der Waals surface area contributed by atoms with Crippen LogP contribution in [0.2, 0.25) is 0 Å². The lowest BCUT2D eigenvalue weighted by atomic mass is 10.4. The molecule has 0 atom stereocenters. The Hall–Kier alpha value is -1.09. The summed E-state index contributed by atoms with van der Waals surface area (Å²) in [6, 6.07) is 5.24. The Kier molecular flexibility index (Phi) is 4.26. The van der Waals surface area contributed by atoms with Crippen LogP contribution in [0, 0.1) is 0 Å². The molecule has 0 radical (unpaired) electrons. The highest BCUT2D eigenvalue weighted by molar-refractivity contribution is 4.92. The van der Waals surface area contributed by atoms with E-state index in [1.165, 1.54) is 0 Å². The average molecular weight is 180 g/mol. The topological polar surface area (TPSA) is 34.0 Å². The van der Waals surface area contributed by atoms with Gasteiger partial charge in [-0.1, -0.05) is 13.0 Å². The Bertz CT molecular complexity index is 293. The number of rotatable bonds is 5. The highest BCUT2D eigenvalue weighted by atomic mass is 16.1. The van der Waals surface area contributed by atoms with E-state index < -0.39 is 0 Å². The van der Waals surface area contributed by atoms with Gasteiger partial charge in [-0.3, -0.25) is 4.79 Å². The number of aryl methyl sites for hydroxylation is 1. The third kappa shape index (κ3) is 3.42. The van der Waals surface area contributed by atoms with Crippen LogP contribution in [0.3, 0.4) is 0 Å². The van der Waals surface area contributed by atoms with E-state index in [0.29, 0.717) is 0 Å². The number of hydrogen-bond donors (Lipinski definition) is 1. The van der Waals surface area contributed by atoms with Gasteiger partial charge in [0.2, 0.25) is 5.56 Å². The maximum Gasteiger partial charge on any atom is 0.250 e. The first-order valence-corrected chi connectivity index (χ1v) is 4.71. The van der Waals surface area contributed by atoms with Gasteiger partial charge in [0.15, 0.2) is 0 Å². The van der Waals surface area contributed by atoms with Crippen molar-refractivity contribution >= 4 is 0 Å². The first-order chi connectivity index (χ1) is 6.34. The molecular formula is C10H16N2O. The third-order valence-corrected chi connectivity index (χ3v) is 1.90. The molecule has 0 saturated heterocycles. The monoisotopic (exact) mass is 180 g/mol. The van der Waals surface area contributed by atoms with Gasteiger partial charge >= 0.3 is 0 Å². The van der Waals surface area contributed by atoms with Gasteiger partial charge in [0, 0.05) is 18.8 Å². The van der Waals surface area contributed by atoms with E-state index in [4.69, 9.17) is 0 Å². The zero-order valence-electron chi connectivity index (χ0n) is 7.99. The lowest BCUT2D eigenvalue weighted by Gasteiger charge is -2.04. The van der Waals surface area contributed by atoms with Crippen LogP contribution in [0.15, 0.2) is 29.2 Å². The van der Waals surface area contributed by atoms with Gasteiger partial charge in [-0.15, -0.1) is 0 Å². The lowest BCUT2D eigenvalue weighted by Crippen LogP contribution is -2.21. The predicted molar refractivity (Wildman–Crippen MR) is 53.9 cm³/mol. The molecule has 0 aromatic carbocycles. The zero-order chi connectivity index (χ0) is 9.52. The van der Waals surface area contributed by atoms with Crippen LogP contribution in [0.25, 0.3) is 0 Å². The average Bonchev–Trinajstić information content (AvgIpc) is 2.15. The zero-order valence-corrected chi connectivity index (χ0v) is 7.99. The Labute approximate surface area is 78.4 Å². The molecule has 1 aromatic heterocycles. The second-order valence-electron chi connectivity index (χ2n) is 2.94. The van der Waals surface area contributed by atoms with Gasteiger partial charge < -0.3 is 9.88 Å². The van der Waals surface area contributed by atoms with Crippen LogP contribution in [-0.4, -0.2) is 17.7 Å². The highest BCUT2D eigenvalue weighted by Crippen LogP contribution is 1.85. The summed E-state index contributed by atoms with van der Waals surface area (Å²) >= 11 is 0. The van der Waals surface area contributed by atoms with Crippen molar-refractivity contribution in [1.29, 1.82) is 0 Å². The minimum Gasteiger partial charge on any atom is -0.317 e. The summed E-state index contributed by atoms with van der Waals surface area (Å²) in [6.45, 7) is 4.84. The molecule has 1 rings (SSSR count). The molecule has 3 nitrogen and oxygen atoms in total. The van der Waals surface area contributed by atoms with Crippen molar-refractivity contribution < 1.29 is 0 Å². The molecule has 0 unspecified atom stereocenters. The maximum absolute atomic E-state index is 11.2. The molecule has 72 valence electrons. The first-order valence-electron chi connectivity index (χ1n) is 4.71. The maximum atomic E-state index is 11.2. The highest BCUT2D eigenvalue weighted by Gasteiger charge is 1.92. The number of nitrogens with one attached hydrogen (secondary N) is 1. The van der Waals surface area contributed by atoms with Crippen molar-refractivity contribution in [3.8, 4) is 0 Å². The van der Waals surface area contributed by atoms with E-state index in [1.807, 2.05) is 12.3 Å². The summed E-state index contributed by atoms with van der Waals surface area (Å²) in [5.74, 6) is 0. The molecule has 0 fully saturated rings. The summed E-state index contributed by atoms with van der Waals surface area (Å²) in [5.41, 5.74) is 0.0824. The van der Waals surface area contributed by atoms with Crippen LogP contribution in [0.5, 0.6) is 0 Å². The smallest absolute Gasteiger partial charge is 0.250 e. The molecule has 0 aliphatic carbocycles. The second-order valence-corrected chi connectivity index (χ2v) is 2.94. The van der Waals surface area contributed by atoms with Crippen molar-refractivity contribution in [1.82, 2.24) is 9.88 Å². The Morgan fingerprint density at radius 1 is 1.46 bits per heavy atom. The summed E-state index contributed by atoms with van der Waals surface area (Å²) in [7, 11) is 0. The third-order valence-electron chi connectivity index (χ3n) is 1.90. The molecule has 0 aliphatic rings. The molecule has 13 heavy (non-hydrogen) atoms.